The van der Waals surface area contributed by atoms with Crippen molar-refractivity contribution in [1.82, 2.24) is 14.7 Å². The van der Waals surface area contributed by atoms with E-state index in [9.17, 15) is 21.6 Å². The van der Waals surface area contributed by atoms with E-state index in [1.165, 1.54) is 0 Å². The van der Waals surface area contributed by atoms with Crippen molar-refractivity contribution < 1.29 is 26.4 Å². The van der Waals surface area contributed by atoms with Gasteiger partial charge in [-0.15, -0.1) is 0 Å². The molecule has 0 spiro atoms. The van der Waals surface area contributed by atoms with E-state index in [-0.39, 0.29) is 5.95 Å². The number of anilines is 1. The van der Waals surface area contributed by atoms with Gasteiger partial charge in [0.1, 0.15) is 9.79 Å². The predicted molar refractivity (Wildman–Crippen MR) is 95.2 cm³/mol. The third-order valence-electron chi connectivity index (χ3n) is 3.18. The van der Waals surface area contributed by atoms with Crippen LogP contribution in [-0.2, 0) is 20.0 Å². The fourth-order valence-electron chi connectivity index (χ4n) is 2.22. The van der Waals surface area contributed by atoms with Gasteiger partial charge in [0.05, 0.1) is 7.11 Å². The lowest BCUT2D eigenvalue weighted by atomic mass is 10.3. The zero-order valence-corrected chi connectivity index (χ0v) is 16.2. The maximum Gasteiger partial charge on any atom is 0.335 e. The maximum absolute atomic E-state index is 12.5. The molecule has 2 aromatic rings. The Morgan fingerprint density at radius 1 is 1.07 bits per heavy atom. The van der Waals surface area contributed by atoms with Crippen molar-refractivity contribution in [2.45, 2.75) is 23.6 Å². The number of benzene rings is 1. The van der Waals surface area contributed by atoms with E-state index in [1.807, 2.05) is 0 Å². The number of nitrogens with two attached hydrogens (primary N) is 1. The van der Waals surface area contributed by atoms with Gasteiger partial charge in [-0.25, -0.2) is 41.5 Å². The normalized spacial score (nSPS) is 11.7. The Morgan fingerprint density at radius 2 is 1.63 bits per heavy atom. The van der Waals surface area contributed by atoms with Gasteiger partial charge < -0.3 is 4.74 Å². The van der Waals surface area contributed by atoms with Crippen molar-refractivity contribution in [2.75, 3.05) is 12.4 Å². The topological polar surface area (TPSA) is 170 Å². The summed E-state index contributed by atoms with van der Waals surface area (Å²) in [6.45, 7) is 3.36. The molecule has 11 nitrogen and oxygen atoms in total. The van der Waals surface area contributed by atoms with Crippen LogP contribution in [-0.4, -0.2) is 39.9 Å². The monoisotopic (exact) mass is 415 g/mol. The number of nitrogens with one attached hydrogen (secondary N) is 2. The van der Waals surface area contributed by atoms with Gasteiger partial charge in [-0.1, -0.05) is 6.07 Å². The summed E-state index contributed by atoms with van der Waals surface area (Å²) in [6, 6.07) is 3.83. The van der Waals surface area contributed by atoms with E-state index < -0.39 is 41.6 Å². The van der Waals surface area contributed by atoms with Crippen LogP contribution in [0.3, 0.4) is 0 Å². The van der Waals surface area contributed by atoms with Crippen LogP contribution in [0.4, 0.5) is 10.7 Å². The number of para-hydroxylation sites is 1. The van der Waals surface area contributed by atoms with Crippen LogP contribution < -0.4 is 19.9 Å². The molecule has 0 saturated carbocycles. The smallest absolute Gasteiger partial charge is 0.335 e. The second kappa shape index (κ2) is 7.46. The fourth-order valence-corrected chi connectivity index (χ4v) is 4.10. The van der Waals surface area contributed by atoms with Crippen LogP contribution in [0.5, 0.6) is 5.75 Å². The number of hydrogen-bond donors (Lipinski definition) is 3. The molecule has 2 amide bonds. The Bertz CT molecular complexity index is 1080. The second-order valence-corrected chi connectivity index (χ2v) is 8.55. The second-order valence-electron chi connectivity index (χ2n) is 5.37. The first-order chi connectivity index (χ1) is 12.4. The molecule has 0 aliphatic carbocycles. The minimum atomic E-state index is -4.49. The number of hydrogen-bond acceptors (Lipinski definition) is 8. The SMILES string of the molecule is COc1c(S(N)(=O)=O)cccc1S(=O)(=O)NC(=O)Nc1nc(C)cc(C)n1. The maximum atomic E-state index is 12.5. The molecule has 0 bridgehead atoms. The molecule has 1 aromatic heterocycles. The number of urea groups is 1. The number of ether oxygens (including phenoxy) is 1. The van der Waals surface area contributed by atoms with Gasteiger partial charge >= 0.3 is 6.03 Å². The van der Waals surface area contributed by atoms with Crippen LogP contribution in [0, 0.1) is 13.8 Å². The Balaban J connectivity index is 2.35. The molecule has 1 heterocycles. The lowest BCUT2D eigenvalue weighted by Crippen LogP contribution is -2.35. The average molecular weight is 415 g/mol. The van der Waals surface area contributed by atoms with Gasteiger partial charge in [0.15, 0.2) is 5.75 Å². The van der Waals surface area contributed by atoms with Crippen molar-refractivity contribution in [2.24, 2.45) is 5.14 Å². The van der Waals surface area contributed by atoms with Crippen molar-refractivity contribution in [1.29, 1.82) is 0 Å². The number of nitrogens with zero attached hydrogens (tertiary/aromatic N) is 2. The molecule has 0 unspecified atom stereocenters. The molecule has 27 heavy (non-hydrogen) atoms. The van der Waals surface area contributed by atoms with Crippen LogP contribution in [0.25, 0.3) is 0 Å². The number of rotatable bonds is 5. The highest BCUT2D eigenvalue weighted by molar-refractivity contribution is 7.90. The molecule has 146 valence electrons. The number of carbonyl (C=O) groups is 1. The number of aromatic nitrogens is 2. The van der Waals surface area contributed by atoms with Gasteiger partial charge in [0, 0.05) is 11.4 Å². The average Bonchev–Trinajstić information content (AvgIpc) is 2.51. The lowest BCUT2D eigenvalue weighted by molar-refractivity contribution is 0.256. The van der Waals surface area contributed by atoms with Gasteiger partial charge in [-0.05, 0) is 32.0 Å². The molecule has 4 N–H and O–H groups in total. The molecule has 2 rings (SSSR count). The number of amides is 2. The molecule has 1 aromatic carbocycles. The standard InChI is InChI=1S/C14H17N5O6S2/c1-8-7-9(2)17-13(16-8)18-14(20)19-27(23,24)11-6-4-5-10(12(11)25-3)26(15,21)22/h4-7H,1-3H3,(H2,15,21,22)(H2,16,17,18,19,20). The Morgan fingerprint density at radius 3 is 2.15 bits per heavy atom. The molecule has 0 aliphatic heterocycles. The summed E-state index contributed by atoms with van der Waals surface area (Å²) in [5.74, 6) is -0.603. The molecule has 0 atom stereocenters. The summed E-state index contributed by atoms with van der Waals surface area (Å²) in [7, 11) is -7.66. The summed E-state index contributed by atoms with van der Waals surface area (Å²) in [5, 5.41) is 7.25. The molecule has 0 saturated heterocycles. The Labute approximate surface area is 156 Å². The number of aryl methyl sites for hydroxylation is 2. The first-order valence-corrected chi connectivity index (χ1v) is 10.3. The Hall–Kier alpha value is -2.77. The highest BCUT2D eigenvalue weighted by Gasteiger charge is 2.27. The van der Waals surface area contributed by atoms with Crippen LogP contribution in [0.15, 0.2) is 34.1 Å². The Kier molecular flexibility index (Phi) is 5.67. The zero-order chi connectivity index (χ0) is 20.4. The first kappa shape index (κ1) is 20.5. The highest BCUT2D eigenvalue weighted by atomic mass is 32.2. The molecular weight excluding hydrogens is 398 g/mol. The van der Waals surface area contributed by atoms with Gasteiger partial charge in [-0.2, -0.15) is 0 Å². The largest absolute Gasteiger partial charge is 0.494 e. The molecule has 0 radical (unpaired) electrons. The van der Waals surface area contributed by atoms with E-state index in [1.54, 1.807) is 24.6 Å². The van der Waals surface area contributed by atoms with Crippen molar-refractivity contribution in [3.05, 3.63) is 35.7 Å². The van der Waals surface area contributed by atoms with E-state index in [0.717, 1.165) is 25.3 Å². The summed E-state index contributed by atoms with van der Waals surface area (Å²) in [6.07, 6.45) is 0. The number of primary sulfonamides is 1. The number of methoxy groups -OCH3 is 1. The van der Waals surface area contributed by atoms with Crippen molar-refractivity contribution >= 4 is 32.0 Å². The van der Waals surface area contributed by atoms with Crippen molar-refractivity contribution in [3.8, 4) is 5.75 Å². The van der Waals surface area contributed by atoms with E-state index in [4.69, 9.17) is 9.88 Å². The molecule has 0 fully saturated rings. The lowest BCUT2D eigenvalue weighted by Gasteiger charge is -2.13. The number of carbonyl (C=O) groups excluding carboxylic acids is 1. The third-order valence-corrected chi connectivity index (χ3v) is 5.47. The highest BCUT2D eigenvalue weighted by Crippen LogP contribution is 2.30. The zero-order valence-electron chi connectivity index (χ0n) is 14.5. The van der Waals surface area contributed by atoms with Crippen molar-refractivity contribution in [3.63, 3.8) is 0 Å². The predicted octanol–water partition coefficient (Wildman–Crippen LogP) is 0.260. The summed E-state index contributed by atoms with van der Waals surface area (Å²) >= 11 is 0. The summed E-state index contributed by atoms with van der Waals surface area (Å²) < 4.78 is 54.8. The van der Waals surface area contributed by atoms with Gasteiger partial charge in [0.2, 0.25) is 16.0 Å². The quantitative estimate of drug-likeness (QED) is 0.624. The summed E-state index contributed by atoms with van der Waals surface area (Å²) in [4.78, 5) is 18.8. The third kappa shape index (κ3) is 4.90. The minimum Gasteiger partial charge on any atom is -0.494 e. The van der Waals surface area contributed by atoms with Crippen LogP contribution in [0.2, 0.25) is 0 Å². The number of sulfonamides is 2. The van der Waals surface area contributed by atoms with Gasteiger partial charge in [0.25, 0.3) is 10.0 Å². The van der Waals surface area contributed by atoms with Gasteiger partial charge in [-0.3, -0.25) is 5.32 Å². The van der Waals surface area contributed by atoms with Crippen LogP contribution in [0.1, 0.15) is 11.4 Å². The fraction of sp³-hybridized carbons (Fsp3) is 0.214. The van der Waals surface area contributed by atoms with E-state index >= 15 is 0 Å². The van der Waals surface area contributed by atoms with E-state index in [2.05, 4.69) is 15.3 Å². The first-order valence-electron chi connectivity index (χ1n) is 7.30. The molecule has 0 aliphatic rings. The van der Waals surface area contributed by atoms with E-state index in [0.29, 0.717) is 11.4 Å². The van der Waals surface area contributed by atoms with Crippen LogP contribution >= 0.6 is 0 Å². The summed E-state index contributed by atoms with van der Waals surface area (Å²) in [5.41, 5.74) is 1.14. The minimum absolute atomic E-state index is 0.0922. The molecule has 13 heteroatoms. The molecular formula is C14H17N5O6S2.